The Balaban J connectivity index is 2.22. The summed E-state index contributed by atoms with van der Waals surface area (Å²) in [6, 6.07) is 9.19. The second-order valence-electron chi connectivity index (χ2n) is 4.11. The van der Waals surface area contributed by atoms with Gasteiger partial charge >= 0.3 is 0 Å². The molecule has 0 radical (unpaired) electrons. The molecule has 0 saturated heterocycles. The summed E-state index contributed by atoms with van der Waals surface area (Å²) in [4.78, 5) is 0. The van der Waals surface area contributed by atoms with E-state index in [9.17, 15) is 0 Å². The second-order valence-corrected chi connectivity index (χ2v) is 6.83. The zero-order valence-electron chi connectivity index (χ0n) is 9.95. The Kier molecular flexibility index (Phi) is 3.65. The molecule has 0 aliphatic carbocycles. The first kappa shape index (κ1) is 13.8. The monoisotopic (exact) mass is 343 g/mol. The van der Waals surface area contributed by atoms with Crippen LogP contribution in [-0.4, -0.2) is 10.2 Å². The summed E-state index contributed by atoms with van der Waals surface area (Å²) in [5, 5.41) is 7.60. The Bertz CT molecular complexity index is 779. The molecule has 0 aliphatic heterocycles. The summed E-state index contributed by atoms with van der Waals surface area (Å²) in [6.45, 7) is 0. The third-order valence-corrected chi connectivity index (χ3v) is 4.56. The Morgan fingerprint density at radius 3 is 2.60 bits per heavy atom. The number of thiophene rings is 1. The number of rotatable bonds is 2. The molecule has 0 unspecified atom stereocenters. The van der Waals surface area contributed by atoms with E-state index in [0.717, 1.165) is 22.4 Å². The highest BCUT2D eigenvalue weighted by atomic mass is 35.5. The topological polar surface area (TPSA) is 54.7 Å². The van der Waals surface area contributed by atoms with Crippen LogP contribution in [0.4, 0.5) is 5.82 Å². The van der Waals surface area contributed by atoms with E-state index in [-0.39, 0.29) is 0 Å². The number of hydrogen-bond donors (Lipinski definition) is 2. The Morgan fingerprint density at radius 2 is 1.95 bits per heavy atom. The third kappa shape index (κ3) is 2.40. The molecule has 0 amide bonds. The summed E-state index contributed by atoms with van der Waals surface area (Å²) in [5.74, 6) is 0.389. The van der Waals surface area contributed by atoms with Gasteiger partial charge in [-0.15, -0.1) is 11.3 Å². The van der Waals surface area contributed by atoms with Crippen LogP contribution in [0.5, 0.6) is 0 Å². The predicted molar refractivity (Wildman–Crippen MR) is 86.8 cm³/mol. The molecule has 3 aromatic rings. The largest absolute Gasteiger partial charge is 0.382 e. The summed E-state index contributed by atoms with van der Waals surface area (Å²) in [5.41, 5.74) is 9.11. The van der Waals surface area contributed by atoms with Gasteiger partial charge in [-0.25, -0.2) is 0 Å². The average molecular weight is 345 g/mol. The number of nitrogens with two attached hydrogens (primary N) is 1. The zero-order chi connectivity index (χ0) is 14.3. The van der Waals surface area contributed by atoms with E-state index in [1.807, 2.05) is 18.2 Å². The first-order valence-corrected chi connectivity index (χ1v) is 7.56. The molecule has 0 bridgehead atoms. The summed E-state index contributed by atoms with van der Waals surface area (Å²) < 4.78 is 1.19. The molecule has 20 heavy (non-hydrogen) atoms. The smallest absolute Gasteiger partial charge is 0.153 e. The molecule has 7 heteroatoms. The van der Waals surface area contributed by atoms with Gasteiger partial charge in [0.1, 0.15) is 4.34 Å². The predicted octanol–water partition coefficient (Wildman–Crippen LogP) is 5.35. The highest BCUT2D eigenvalue weighted by Crippen LogP contribution is 2.43. The fourth-order valence-corrected chi connectivity index (χ4v) is 3.66. The number of nitrogens with zero attached hydrogens (tertiary/aromatic N) is 1. The highest BCUT2D eigenvalue weighted by molar-refractivity contribution is 7.20. The van der Waals surface area contributed by atoms with Crippen LogP contribution in [0.3, 0.4) is 0 Å². The van der Waals surface area contributed by atoms with E-state index in [2.05, 4.69) is 10.2 Å². The molecular formula is C13H8Cl3N3S. The Hall–Kier alpha value is -1.20. The second kappa shape index (κ2) is 5.30. The number of anilines is 1. The third-order valence-electron chi connectivity index (χ3n) is 2.83. The summed E-state index contributed by atoms with van der Waals surface area (Å²) >= 11 is 19.5. The van der Waals surface area contributed by atoms with Gasteiger partial charge in [-0.2, -0.15) is 5.10 Å². The van der Waals surface area contributed by atoms with Crippen molar-refractivity contribution in [3.63, 3.8) is 0 Å². The van der Waals surface area contributed by atoms with Gasteiger partial charge in [0, 0.05) is 10.6 Å². The van der Waals surface area contributed by atoms with E-state index in [4.69, 9.17) is 40.5 Å². The Morgan fingerprint density at radius 1 is 1.15 bits per heavy atom. The molecule has 0 atom stereocenters. The van der Waals surface area contributed by atoms with E-state index < -0.39 is 0 Å². The maximum Gasteiger partial charge on any atom is 0.153 e. The number of nitrogen functional groups attached to an aromatic ring is 1. The fourth-order valence-electron chi connectivity index (χ4n) is 2.00. The van der Waals surface area contributed by atoms with Crippen LogP contribution in [0.1, 0.15) is 0 Å². The van der Waals surface area contributed by atoms with Gasteiger partial charge in [0.15, 0.2) is 5.82 Å². The molecule has 3 rings (SSSR count). The van der Waals surface area contributed by atoms with Crippen molar-refractivity contribution >= 4 is 52.0 Å². The quantitative estimate of drug-likeness (QED) is 0.658. The van der Waals surface area contributed by atoms with Gasteiger partial charge in [-0.3, -0.25) is 5.10 Å². The minimum atomic E-state index is 0.389. The van der Waals surface area contributed by atoms with Crippen LogP contribution in [-0.2, 0) is 0 Å². The van der Waals surface area contributed by atoms with Gasteiger partial charge < -0.3 is 5.73 Å². The molecule has 2 heterocycles. The van der Waals surface area contributed by atoms with Crippen molar-refractivity contribution in [2.75, 3.05) is 5.73 Å². The minimum Gasteiger partial charge on any atom is -0.382 e. The molecule has 0 fully saturated rings. The van der Waals surface area contributed by atoms with E-state index in [1.54, 1.807) is 12.1 Å². The SMILES string of the molecule is Nc1n[nH]c(-c2cc(Cl)sc2Cl)c1-c1cccc(Cl)c1. The standard InChI is InChI=1S/C13H8Cl3N3S/c14-7-3-1-2-6(4-7)10-11(18-19-13(10)17)8-5-9(15)20-12(8)16/h1-5H,(H3,17,18,19). The number of nitrogens with one attached hydrogen (secondary N) is 1. The normalized spacial score (nSPS) is 10.9. The van der Waals surface area contributed by atoms with Crippen molar-refractivity contribution in [3.8, 4) is 22.4 Å². The lowest BCUT2D eigenvalue weighted by Crippen LogP contribution is -1.88. The van der Waals surface area contributed by atoms with Gasteiger partial charge in [0.25, 0.3) is 0 Å². The van der Waals surface area contributed by atoms with Crippen LogP contribution in [0, 0.1) is 0 Å². The van der Waals surface area contributed by atoms with E-state index in [1.165, 1.54) is 11.3 Å². The Labute approximate surface area is 134 Å². The molecule has 3 nitrogen and oxygen atoms in total. The van der Waals surface area contributed by atoms with Crippen molar-refractivity contribution in [1.82, 2.24) is 10.2 Å². The van der Waals surface area contributed by atoms with Crippen molar-refractivity contribution in [2.45, 2.75) is 0 Å². The molecule has 3 N–H and O–H groups in total. The van der Waals surface area contributed by atoms with E-state index in [0.29, 0.717) is 19.5 Å². The number of halogens is 3. The first-order chi connectivity index (χ1) is 9.56. The molecule has 0 aliphatic rings. The van der Waals surface area contributed by atoms with Gasteiger partial charge in [-0.1, -0.05) is 46.9 Å². The van der Waals surface area contributed by atoms with Crippen LogP contribution in [0.2, 0.25) is 13.7 Å². The molecular weight excluding hydrogens is 337 g/mol. The van der Waals surface area contributed by atoms with Crippen LogP contribution < -0.4 is 5.73 Å². The number of hydrogen-bond acceptors (Lipinski definition) is 3. The van der Waals surface area contributed by atoms with Gasteiger partial charge in [0.05, 0.1) is 15.6 Å². The van der Waals surface area contributed by atoms with E-state index >= 15 is 0 Å². The molecule has 1 aromatic carbocycles. The van der Waals surface area contributed by atoms with Gasteiger partial charge in [0.2, 0.25) is 0 Å². The zero-order valence-corrected chi connectivity index (χ0v) is 13.0. The van der Waals surface area contributed by atoms with Gasteiger partial charge in [-0.05, 0) is 23.8 Å². The van der Waals surface area contributed by atoms with Crippen LogP contribution in [0.25, 0.3) is 22.4 Å². The molecule has 102 valence electrons. The average Bonchev–Trinajstić information content (AvgIpc) is 2.92. The lowest BCUT2D eigenvalue weighted by Gasteiger charge is -2.04. The number of aromatic nitrogens is 2. The fraction of sp³-hybridized carbons (Fsp3) is 0. The van der Waals surface area contributed by atoms with Crippen LogP contribution >= 0.6 is 46.1 Å². The lowest BCUT2D eigenvalue weighted by atomic mass is 10.0. The number of H-pyrrole nitrogens is 1. The van der Waals surface area contributed by atoms with Crippen LogP contribution in [0.15, 0.2) is 30.3 Å². The van der Waals surface area contributed by atoms with Crippen molar-refractivity contribution in [3.05, 3.63) is 44.0 Å². The maximum absolute atomic E-state index is 6.20. The number of benzene rings is 1. The first-order valence-electron chi connectivity index (χ1n) is 5.61. The summed E-state index contributed by atoms with van der Waals surface area (Å²) in [7, 11) is 0. The minimum absolute atomic E-state index is 0.389. The highest BCUT2D eigenvalue weighted by Gasteiger charge is 2.19. The molecule has 0 saturated carbocycles. The summed E-state index contributed by atoms with van der Waals surface area (Å²) in [6.07, 6.45) is 0. The molecule has 2 aromatic heterocycles. The maximum atomic E-state index is 6.20. The van der Waals surface area contributed by atoms with Crippen molar-refractivity contribution < 1.29 is 0 Å². The number of aromatic amines is 1. The van der Waals surface area contributed by atoms with Crippen molar-refractivity contribution in [1.29, 1.82) is 0 Å². The molecule has 0 spiro atoms. The van der Waals surface area contributed by atoms with Crippen molar-refractivity contribution in [2.24, 2.45) is 0 Å². The lowest BCUT2D eigenvalue weighted by molar-refractivity contribution is 1.10.